The first kappa shape index (κ1) is 18.0. The molecule has 21 heavy (non-hydrogen) atoms. The Labute approximate surface area is 128 Å². The van der Waals surface area contributed by atoms with Gasteiger partial charge in [-0.1, -0.05) is 19.3 Å². The smallest absolute Gasteiger partial charge is 0.239 e. The molecule has 0 radical (unpaired) electrons. The van der Waals surface area contributed by atoms with Crippen LogP contribution < -0.4 is 10.6 Å². The van der Waals surface area contributed by atoms with Crippen LogP contribution in [0.5, 0.6) is 0 Å². The van der Waals surface area contributed by atoms with Gasteiger partial charge >= 0.3 is 0 Å². The van der Waals surface area contributed by atoms with Crippen molar-refractivity contribution in [3.63, 3.8) is 0 Å². The predicted molar refractivity (Wildman–Crippen MR) is 85.0 cm³/mol. The molecule has 2 amide bonds. The molecular formula is C16H31N3O2. The monoisotopic (exact) mass is 297 g/mol. The third-order valence-corrected chi connectivity index (χ3v) is 4.29. The van der Waals surface area contributed by atoms with Gasteiger partial charge in [-0.15, -0.1) is 0 Å². The van der Waals surface area contributed by atoms with Crippen LogP contribution in [-0.2, 0) is 9.59 Å². The van der Waals surface area contributed by atoms with Gasteiger partial charge in [-0.25, -0.2) is 0 Å². The van der Waals surface area contributed by atoms with E-state index >= 15 is 0 Å². The Kier molecular flexibility index (Phi) is 7.72. The maximum atomic E-state index is 12.2. The number of nitrogens with one attached hydrogen (secondary N) is 2. The number of likely N-dealkylation sites (N-methyl/N-ethyl adjacent to an activating group) is 1. The van der Waals surface area contributed by atoms with Crippen LogP contribution in [0.25, 0.3) is 0 Å². The van der Waals surface area contributed by atoms with Crippen molar-refractivity contribution in [1.29, 1.82) is 0 Å². The van der Waals surface area contributed by atoms with Crippen LogP contribution in [0.2, 0.25) is 0 Å². The van der Waals surface area contributed by atoms with Crippen molar-refractivity contribution in [2.45, 2.75) is 77.9 Å². The highest BCUT2D eigenvalue weighted by molar-refractivity contribution is 5.85. The lowest BCUT2D eigenvalue weighted by Crippen LogP contribution is -2.53. The fourth-order valence-corrected chi connectivity index (χ4v) is 2.90. The number of carbonyl (C=O) groups excluding carboxylic acids is 2. The molecule has 5 heteroatoms. The zero-order valence-corrected chi connectivity index (χ0v) is 13.9. The fraction of sp³-hybridized carbons (Fsp3) is 0.875. The van der Waals surface area contributed by atoms with Crippen molar-refractivity contribution in [3.8, 4) is 0 Å². The molecule has 122 valence electrons. The summed E-state index contributed by atoms with van der Waals surface area (Å²) in [6.07, 6.45) is 5.82. The molecule has 0 spiro atoms. The van der Waals surface area contributed by atoms with E-state index < -0.39 is 0 Å². The molecule has 1 aliphatic carbocycles. The minimum atomic E-state index is -0.346. The van der Waals surface area contributed by atoms with Gasteiger partial charge in [-0.3, -0.25) is 14.9 Å². The molecule has 0 heterocycles. The van der Waals surface area contributed by atoms with Gasteiger partial charge in [-0.2, -0.15) is 0 Å². The second kappa shape index (κ2) is 9.03. The molecule has 2 N–H and O–H groups in total. The first-order valence-electron chi connectivity index (χ1n) is 8.34. The SMILES string of the molecule is CCN(CC)C(=O)C(C)NC(C)C(=O)NC1CCCCC1. The molecule has 0 aromatic rings. The predicted octanol–water partition coefficient (Wildman–Crippen LogP) is 1.67. The maximum Gasteiger partial charge on any atom is 0.239 e. The van der Waals surface area contributed by atoms with Crippen LogP contribution in [-0.4, -0.2) is 47.9 Å². The van der Waals surface area contributed by atoms with Crippen LogP contribution in [0.15, 0.2) is 0 Å². The van der Waals surface area contributed by atoms with E-state index in [0.29, 0.717) is 19.1 Å². The summed E-state index contributed by atoms with van der Waals surface area (Å²) in [5.41, 5.74) is 0. The fourth-order valence-electron chi connectivity index (χ4n) is 2.90. The highest BCUT2D eigenvalue weighted by Gasteiger charge is 2.24. The Morgan fingerprint density at radius 3 is 2.14 bits per heavy atom. The van der Waals surface area contributed by atoms with E-state index in [9.17, 15) is 9.59 Å². The molecule has 0 aromatic carbocycles. The van der Waals surface area contributed by atoms with E-state index in [4.69, 9.17) is 0 Å². The third-order valence-electron chi connectivity index (χ3n) is 4.29. The van der Waals surface area contributed by atoms with E-state index in [1.54, 1.807) is 4.90 Å². The highest BCUT2D eigenvalue weighted by atomic mass is 16.2. The van der Waals surface area contributed by atoms with Gasteiger partial charge in [0.25, 0.3) is 0 Å². The number of carbonyl (C=O) groups is 2. The highest BCUT2D eigenvalue weighted by Crippen LogP contribution is 2.17. The summed E-state index contributed by atoms with van der Waals surface area (Å²) in [7, 11) is 0. The van der Waals surface area contributed by atoms with E-state index in [2.05, 4.69) is 10.6 Å². The number of rotatable bonds is 7. The molecule has 1 saturated carbocycles. The first-order chi connectivity index (χ1) is 9.99. The number of amides is 2. The summed E-state index contributed by atoms with van der Waals surface area (Å²) in [4.78, 5) is 26.1. The van der Waals surface area contributed by atoms with Crippen molar-refractivity contribution < 1.29 is 9.59 Å². The van der Waals surface area contributed by atoms with Crippen molar-refractivity contribution in [1.82, 2.24) is 15.5 Å². The topological polar surface area (TPSA) is 61.4 Å². The quantitative estimate of drug-likeness (QED) is 0.751. The maximum absolute atomic E-state index is 12.2. The summed E-state index contributed by atoms with van der Waals surface area (Å²) in [6.45, 7) is 8.98. The Hall–Kier alpha value is -1.10. The summed E-state index contributed by atoms with van der Waals surface area (Å²) in [5, 5.41) is 6.21. The standard InChI is InChI=1S/C16H31N3O2/c1-5-19(6-2)16(21)13(4)17-12(3)15(20)18-14-10-8-7-9-11-14/h12-14,17H,5-11H2,1-4H3,(H,18,20). The van der Waals surface area contributed by atoms with Crippen LogP contribution in [0.4, 0.5) is 0 Å². The molecule has 0 bridgehead atoms. The molecule has 2 unspecified atom stereocenters. The molecule has 1 rings (SSSR count). The van der Waals surface area contributed by atoms with Crippen molar-refractivity contribution >= 4 is 11.8 Å². The molecule has 0 aliphatic heterocycles. The molecule has 2 atom stereocenters. The summed E-state index contributed by atoms with van der Waals surface area (Å²) in [6, 6.07) is -0.372. The minimum Gasteiger partial charge on any atom is -0.352 e. The second-order valence-electron chi connectivity index (χ2n) is 5.96. The lowest BCUT2D eigenvalue weighted by Gasteiger charge is -2.27. The van der Waals surface area contributed by atoms with Gasteiger partial charge in [0.2, 0.25) is 11.8 Å². The van der Waals surface area contributed by atoms with E-state index in [1.807, 2.05) is 27.7 Å². The van der Waals surface area contributed by atoms with Gasteiger partial charge in [0.1, 0.15) is 0 Å². The zero-order valence-electron chi connectivity index (χ0n) is 13.9. The molecule has 1 fully saturated rings. The first-order valence-corrected chi connectivity index (χ1v) is 8.34. The number of nitrogens with zero attached hydrogens (tertiary/aromatic N) is 1. The van der Waals surface area contributed by atoms with Gasteiger partial charge in [0.05, 0.1) is 12.1 Å². The van der Waals surface area contributed by atoms with Gasteiger partial charge in [-0.05, 0) is 40.5 Å². The van der Waals surface area contributed by atoms with Crippen LogP contribution >= 0.6 is 0 Å². The summed E-state index contributed by atoms with van der Waals surface area (Å²) in [5.74, 6) is 0.0541. The number of hydrogen-bond acceptors (Lipinski definition) is 3. The summed E-state index contributed by atoms with van der Waals surface area (Å²) < 4.78 is 0. The number of hydrogen-bond donors (Lipinski definition) is 2. The molecule has 0 saturated heterocycles. The van der Waals surface area contributed by atoms with Gasteiger partial charge in [0.15, 0.2) is 0 Å². The lowest BCUT2D eigenvalue weighted by molar-refractivity contribution is -0.133. The zero-order chi connectivity index (χ0) is 15.8. The average molecular weight is 297 g/mol. The van der Waals surface area contributed by atoms with E-state index in [0.717, 1.165) is 12.8 Å². The van der Waals surface area contributed by atoms with E-state index in [1.165, 1.54) is 19.3 Å². The largest absolute Gasteiger partial charge is 0.352 e. The van der Waals surface area contributed by atoms with Crippen LogP contribution in [0.1, 0.15) is 59.8 Å². The van der Waals surface area contributed by atoms with Crippen molar-refractivity contribution in [3.05, 3.63) is 0 Å². The van der Waals surface area contributed by atoms with Crippen LogP contribution in [0, 0.1) is 0 Å². The van der Waals surface area contributed by atoms with E-state index in [-0.39, 0.29) is 23.9 Å². The Morgan fingerprint density at radius 1 is 1.05 bits per heavy atom. The Morgan fingerprint density at radius 2 is 1.62 bits per heavy atom. The van der Waals surface area contributed by atoms with Gasteiger partial charge in [0, 0.05) is 19.1 Å². The molecule has 0 aromatic heterocycles. The Bertz CT molecular complexity index is 336. The minimum absolute atomic E-state index is 0.00102. The lowest BCUT2D eigenvalue weighted by atomic mass is 9.95. The summed E-state index contributed by atoms with van der Waals surface area (Å²) >= 11 is 0. The Balaban J connectivity index is 2.41. The van der Waals surface area contributed by atoms with Crippen LogP contribution in [0.3, 0.4) is 0 Å². The average Bonchev–Trinajstić information content (AvgIpc) is 2.49. The normalized spacial score (nSPS) is 18.9. The molecule has 1 aliphatic rings. The molecular weight excluding hydrogens is 266 g/mol. The molecule has 5 nitrogen and oxygen atoms in total. The van der Waals surface area contributed by atoms with Crippen molar-refractivity contribution in [2.75, 3.05) is 13.1 Å². The van der Waals surface area contributed by atoms with Gasteiger partial charge < -0.3 is 10.2 Å². The van der Waals surface area contributed by atoms with Crippen molar-refractivity contribution in [2.24, 2.45) is 0 Å². The second-order valence-corrected chi connectivity index (χ2v) is 5.96. The third kappa shape index (κ3) is 5.65.